The van der Waals surface area contributed by atoms with Crippen LogP contribution in [-0.4, -0.2) is 23.9 Å². The summed E-state index contributed by atoms with van der Waals surface area (Å²) < 4.78 is 6.67. The molecule has 0 N–H and O–H groups in total. The summed E-state index contributed by atoms with van der Waals surface area (Å²) in [5.41, 5.74) is 0.720. The Morgan fingerprint density at radius 2 is 2.15 bits per heavy atom. The molecule has 2 rings (SSSR count). The molecule has 1 aromatic heterocycles. The zero-order valence-electron chi connectivity index (χ0n) is 11.6. The highest BCUT2D eigenvalue weighted by Crippen LogP contribution is 2.28. The zero-order chi connectivity index (χ0) is 14.9. The zero-order valence-corrected chi connectivity index (χ0v) is 12.4. The minimum Gasteiger partial charge on any atom is -0.469 e. The van der Waals surface area contributed by atoms with Crippen LogP contribution in [0.15, 0.2) is 24.4 Å². The van der Waals surface area contributed by atoms with E-state index in [1.54, 1.807) is 32.2 Å². The number of rotatable bonds is 4. The van der Waals surface area contributed by atoms with Crippen molar-refractivity contribution in [3.8, 4) is 0 Å². The van der Waals surface area contributed by atoms with Gasteiger partial charge in [-0.25, -0.2) is 0 Å². The van der Waals surface area contributed by atoms with E-state index in [2.05, 4.69) is 0 Å². The fraction of sp³-hybridized carbons (Fsp3) is 0.333. The lowest BCUT2D eigenvalue weighted by Crippen LogP contribution is -2.30. The third-order valence-electron chi connectivity index (χ3n) is 3.31. The Morgan fingerprint density at radius 1 is 1.45 bits per heavy atom. The largest absolute Gasteiger partial charge is 0.469 e. The molecule has 1 heterocycles. The van der Waals surface area contributed by atoms with Gasteiger partial charge in [-0.3, -0.25) is 9.59 Å². The molecule has 5 heteroatoms. The topological polar surface area (TPSA) is 48.3 Å². The number of aldehydes is 1. The summed E-state index contributed by atoms with van der Waals surface area (Å²) in [6, 6.07) is 5.34. The molecule has 20 heavy (non-hydrogen) atoms. The number of benzene rings is 1. The van der Waals surface area contributed by atoms with Crippen LogP contribution in [0.1, 0.15) is 24.2 Å². The van der Waals surface area contributed by atoms with Gasteiger partial charge >= 0.3 is 5.97 Å². The number of nitrogens with zero attached hydrogens (tertiary/aromatic N) is 1. The van der Waals surface area contributed by atoms with E-state index < -0.39 is 5.41 Å². The predicted octanol–water partition coefficient (Wildman–Crippen LogP) is 3.31. The molecular formula is C15H16ClNO3. The number of methoxy groups -OCH3 is 1. The highest BCUT2D eigenvalue weighted by molar-refractivity contribution is 6.31. The van der Waals surface area contributed by atoms with Crippen molar-refractivity contribution in [2.75, 3.05) is 7.11 Å². The Labute approximate surface area is 122 Å². The SMILES string of the molecule is COC(=O)C(C)(C)Cn1cc(C=O)c2ccc(Cl)cc21. The normalized spacial score (nSPS) is 11.6. The molecule has 0 unspecified atom stereocenters. The second kappa shape index (κ2) is 5.29. The summed E-state index contributed by atoms with van der Waals surface area (Å²) in [5, 5.41) is 1.41. The number of aromatic nitrogens is 1. The van der Waals surface area contributed by atoms with E-state index in [4.69, 9.17) is 16.3 Å². The van der Waals surface area contributed by atoms with E-state index in [1.807, 2.05) is 10.6 Å². The van der Waals surface area contributed by atoms with Crippen molar-refractivity contribution < 1.29 is 14.3 Å². The van der Waals surface area contributed by atoms with Crippen LogP contribution >= 0.6 is 11.6 Å². The number of ether oxygens (including phenoxy) is 1. The molecule has 1 aromatic carbocycles. The average molecular weight is 294 g/mol. The van der Waals surface area contributed by atoms with Crippen molar-refractivity contribution in [2.45, 2.75) is 20.4 Å². The molecule has 0 bridgehead atoms. The van der Waals surface area contributed by atoms with Gasteiger partial charge in [0.1, 0.15) is 0 Å². The van der Waals surface area contributed by atoms with Crippen LogP contribution in [0, 0.1) is 5.41 Å². The number of carbonyl (C=O) groups excluding carboxylic acids is 2. The van der Waals surface area contributed by atoms with Crippen LogP contribution in [0.5, 0.6) is 0 Å². The summed E-state index contributed by atoms with van der Waals surface area (Å²) in [5.74, 6) is -0.297. The van der Waals surface area contributed by atoms with Crippen LogP contribution in [0.2, 0.25) is 5.02 Å². The Morgan fingerprint density at radius 3 is 2.75 bits per heavy atom. The minimum atomic E-state index is -0.691. The van der Waals surface area contributed by atoms with E-state index >= 15 is 0 Å². The van der Waals surface area contributed by atoms with Gasteiger partial charge in [-0.2, -0.15) is 0 Å². The number of hydrogen-bond acceptors (Lipinski definition) is 3. The smallest absolute Gasteiger partial charge is 0.313 e. The van der Waals surface area contributed by atoms with Gasteiger partial charge in [0, 0.05) is 28.7 Å². The fourth-order valence-corrected chi connectivity index (χ4v) is 2.45. The van der Waals surface area contributed by atoms with Crippen LogP contribution in [0.4, 0.5) is 0 Å². The van der Waals surface area contributed by atoms with Crippen LogP contribution in [0.3, 0.4) is 0 Å². The fourth-order valence-electron chi connectivity index (χ4n) is 2.28. The molecule has 0 amide bonds. The van der Waals surface area contributed by atoms with Crippen molar-refractivity contribution in [3.05, 3.63) is 35.0 Å². The second-order valence-electron chi connectivity index (χ2n) is 5.37. The number of fused-ring (bicyclic) bond motifs is 1. The Hall–Kier alpha value is -1.81. The van der Waals surface area contributed by atoms with Crippen LogP contribution in [-0.2, 0) is 16.1 Å². The lowest BCUT2D eigenvalue weighted by Gasteiger charge is -2.22. The molecular weight excluding hydrogens is 278 g/mol. The van der Waals surface area contributed by atoms with Gasteiger partial charge in [-0.05, 0) is 26.0 Å². The molecule has 0 fully saturated rings. The van der Waals surface area contributed by atoms with E-state index in [9.17, 15) is 9.59 Å². The maximum Gasteiger partial charge on any atom is 0.313 e. The van der Waals surface area contributed by atoms with Gasteiger partial charge in [0.05, 0.1) is 18.0 Å². The molecule has 0 spiro atoms. The predicted molar refractivity (Wildman–Crippen MR) is 78.1 cm³/mol. The molecule has 0 aliphatic rings. The minimum absolute atomic E-state index is 0.297. The summed E-state index contributed by atoms with van der Waals surface area (Å²) in [6.07, 6.45) is 2.54. The van der Waals surface area contributed by atoms with Crippen molar-refractivity contribution in [1.82, 2.24) is 4.57 Å². The highest BCUT2D eigenvalue weighted by Gasteiger charge is 2.30. The van der Waals surface area contributed by atoms with Gasteiger partial charge in [0.15, 0.2) is 6.29 Å². The van der Waals surface area contributed by atoms with Gasteiger partial charge < -0.3 is 9.30 Å². The Balaban J connectivity index is 2.52. The monoisotopic (exact) mass is 293 g/mol. The maximum absolute atomic E-state index is 11.8. The first kappa shape index (κ1) is 14.6. The molecule has 0 atom stereocenters. The summed E-state index contributed by atoms with van der Waals surface area (Å²) in [6.45, 7) is 4.01. The van der Waals surface area contributed by atoms with Gasteiger partial charge in [0.25, 0.3) is 0 Å². The van der Waals surface area contributed by atoms with E-state index in [1.165, 1.54) is 7.11 Å². The average Bonchev–Trinajstić information content (AvgIpc) is 2.74. The molecule has 106 valence electrons. The molecule has 0 saturated carbocycles. The molecule has 0 aliphatic heterocycles. The molecule has 0 saturated heterocycles. The number of hydrogen-bond donors (Lipinski definition) is 0. The summed E-state index contributed by atoms with van der Waals surface area (Å²) >= 11 is 6.01. The first-order valence-corrected chi connectivity index (χ1v) is 6.59. The maximum atomic E-state index is 11.8. The Kier molecular flexibility index (Phi) is 3.86. The first-order chi connectivity index (χ1) is 9.39. The quantitative estimate of drug-likeness (QED) is 0.642. The van der Waals surface area contributed by atoms with E-state index in [0.717, 1.165) is 17.2 Å². The van der Waals surface area contributed by atoms with Gasteiger partial charge in [-0.1, -0.05) is 17.7 Å². The highest BCUT2D eigenvalue weighted by atomic mass is 35.5. The third-order valence-corrected chi connectivity index (χ3v) is 3.54. The molecule has 0 aliphatic carbocycles. The lowest BCUT2D eigenvalue weighted by atomic mass is 9.93. The van der Waals surface area contributed by atoms with Crippen molar-refractivity contribution in [3.63, 3.8) is 0 Å². The Bertz CT molecular complexity index is 673. The van der Waals surface area contributed by atoms with Crippen LogP contribution < -0.4 is 0 Å². The number of halogens is 1. The van der Waals surface area contributed by atoms with Crippen molar-refractivity contribution >= 4 is 34.8 Å². The van der Waals surface area contributed by atoms with Crippen molar-refractivity contribution in [1.29, 1.82) is 0 Å². The standard InChI is InChI=1S/C15H16ClNO3/c1-15(2,14(19)20-3)9-17-7-10(8-18)12-5-4-11(16)6-13(12)17/h4-8H,9H2,1-3H3. The summed E-state index contributed by atoms with van der Waals surface area (Å²) in [4.78, 5) is 22.9. The molecule has 0 radical (unpaired) electrons. The molecule has 4 nitrogen and oxygen atoms in total. The van der Waals surface area contributed by atoms with Crippen LogP contribution in [0.25, 0.3) is 10.9 Å². The van der Waals surface area contributed by atoms with E-state index in [0.29, 0.717) is 17.1 Å². The second-order valence-corrected chi connectivity index (χ2v) is 5.80. The number of carbonyl (C=O) groups is 2. The third kappa shape index (κ3) is 2.56. The van der Waals surface area contributed by atoms with Gasteiger partial charge in [0.2, 0.25) is 0 Å². The van der Waals surface area contributed by atoms with Gasteiger partial charge in [-0.15, -0.1) is 0 Å². The molecule has 2 aromatic rings. The summed E-state index contributed by atoms with van der Waals surface area (Å²) in [7, 11) is 1.37. The van der Waals surface area contributed by atoms with E-state index in [-0.39, 0.29) is 5.97 Å². The van der Waals surface area contributed by atoms with Crippen molar-refractivity contribution in [2.24, 2.45) is 5.41 Å². The lowest BCUT2D eigenvalue weighted by molar-refractivity contribution is -0.151. The first-order valence-electron chi connectivity index (χ1n) is 6.21. The number of esters is 1.